The van der Waals surface area contributed by atoms with Gasteiger partial charge in [-0.25, -0.2) is 0 Å². The van der Waals surface area contributed by atoms with E-state index in [1.807, 2.05) is 0 Å². The lowest BCUT2D eigenvalue weighted by Crippen LogP contribution is -2.01. The Kier molecular flexibility index (Phi) is 13.9. The largest absolute Gasteiger partial charge is 0.469 e. The van der Waals surface area contributed by atoms with Crippen LogP contribution in [0.1, 0.15) is 91.4 Å². The van der Waals surface area contributed by atoms with Crippen molar-refractivity contribution in [3.8, 4) is 0 Å². The molecule has 0 aliphatic heterocycles. The molecular formula is C21H38O2. The normalized spacial score (nSPS) is 12.3. The molecule has 23 heavy (non-hydrogen) atoms. The molecule has 0 bridgehead atoms. The molecule has 134 valence electrons. The van der Waals surface area contributed by atoms with Crippen molar-refractivity contribution < 1.29 is 9.53 Å². The maximum atomic E-state index is 11.0. The van der Waals surface area contributed by atoms with E-state index in [1.165, 1.54) is 52.1 Å². The fraction of sp³-hybridized carbons (Fsp3) is 0.762. The zero-order valence-electron chi connectivity index (χ0n) is 15.9. The van der Waals surface area contributed by atoms with E-state index in [1.54, 1.807) is 0 Å². The van der Waals surface area contributed by atoms with Gasteiger partial charge in [0.15, 0.2) is 0 Å². The highest BCUT2D eigenvalue weighted by Crippen LogP contribution is 2.20. The van der Waals surface area contributed by atoms with Crippen LogP contribution < -0.4 is 0 Å². The Balaban J connectivity index is 3.62. The molecular weight excluding hydrogens is 284 g/mol. The number of carbonyl (C=O) groups excluding carboxylic acids is 1. The van der Waals surface area contributed by atoms with E-state index < -0.39 is 0 Å². The summed E-state index contributed by atoms with van der Waals surface area (Å²) in [5, 5.41) is 0. The van der Waals surface area contributed by atoms with Crippen molar-refractivity contribution in [3.05, 3.63) is 24.3 Å². The summed E-state index contributed by atoms with van der Waals surface area (Å²) in [6.07, 6.45) is 22.0. The molecule has 0 atom stereocenters. The molecule has 0 unspecified atom stereocenters. The van der Waals surface area contributed by atoms with Gasteiger partial charge in [-0.2, -0.15) is 0 Å². The second-order valence-corrected chi connectivity index (χ2v) is 7.00. The fourth-order valence-corrected chi connectivity index (χ4v) is 2.51. The number of allylic oxidation sites excluding steroid dienone is 4. The van der Waals surface area contributed by atoms with Crippen molar-refractivity contribution >= 4 is 5.97 Å². The summed E-state index contributed by atoms with van der Waals surface area (Å²) >= 11 is 0. The zero-order valence-corrected chi connectivity index (χ0v) is 15.9. The molecule has 0 fully saturated rings. The van der Waals surface area contributed by atoms with Gasteiger partial charge in [0.2, 0.25) is 0 Å². The van der Waals surface area contributed by atoms with Gasteiger partial charge in [0.25, 0.3) is 0 Å². The third kappa shape index (κ3) is 15.6. The second kappa shape index (κ2) is 14.5. The van der Waals surface area contributed by atoms with E-state index in [-0.39, 0.29) is 11.4 Å². The molecule has 0 aromatic heterocycles. The highest BCUT2D eigenvalue weighted by Gasteiger charge is 2.07. The average Bonchev–Trinajstić information content (AvgIpc) is 2.52. The van der Waals surface area contributed by atoms with Crippen LogP contribution in [0.4, 0.5) is 0 Å². The third-order valence-corrected chi connectivity index (χ3v) is 4.05. The third-order valence-electron chi connectivity index (χ3n) is 4.05. The van der Waals surface area contributed by atoms with Gasteiger partial charge in [-0.15, -0.1) is 0 Å². The van der Waals surface area contributed by atoms with Crippen molar-refractivity contribution in [2.24, 2.45) is 5.41 Å². The van der Waals surface area contributed by atoms with E-state index in [0.29, 0.717) is 6.42 Å². The first-order valence-electron chi connectivity index (χ1n) is 9.44. The molecule has 0 saturated carbocycles. The van der Waals surface area contributed by atoms with Crippen molar-refractivity contribution in [2.45, 2.75) is 91.4 Å². The molecule has 2 heteroatoms. The summed E-state index contributed by atoms with van der Waals surface area (Å²) in [5.74, 6) is -0.0853. The van der Waals surface area contributed by atoms with Gasteiger partial charge in [-0.1, -0.05) is 77.2 Å². The minimum absolute atomic E-state index is 0.0853. The molecule has 0 rings (SSSR count). The van der Waals surface area contributed by atoms with Crippen molar-refractivity contribution in [2.75, 3.05) is 7.11 Å². The molecule has 0 spiro atoms. The van der Waals surface area contributed by atoms with Crippen LogP contribution in [-0.4, -0.2) is 13.1 Å². The zero-order chi connectivity index (χ0) is 17.4. The number of esters is 1. The fourth-order valence-electron chi connectivity index (χ4n) is 2.51. The molecule has 0 aromatic carbocycles. The Morgan fingerprint density at radius 1 is 0.870 bits per heavy atom. The molecule has 0 aliphatic carbocycles. The minimum Gasteiger partial charge on any atom is -0.469 e. The molecule has 0 heterocycles. The van der Waals surface area contributed by atoms with Crippen LogP contribution in [-0.2, 0) is 9.53 Å². The van der Waals surface area contributed by atoms with E-state index in [9.17, 15) is 4.79 Å². The Bertz CT molecular complexity index is 340. The van der Waals surface area contributed by atoms with Crippen LogP contribution in [0.5, 0.6) is 0 Å². The van der Waals surface area contributed by atoms with E-state index in [2.05, 4.69) is 49.8 Å². The smallest absolute Gasteiger partial charge is 0.305 e. The van der Waals surface area contributed by atoms with Crippen molar-refractivity contribution in [1.29, 1.82) is 0 Å². The topological polar surface area (TPSA) is 26.3 Å². The molecule has 0 amide bonds. The van der Waals surface area contributed by atoms with Gasteiger partial charge < -0.3 is 4.74 Å². The quantitative estimate of drug-likeness (QED) is 0.204. The molecule has 0 radical (unpaired) electrons. The standard InChI is InChI=1S/C21H38O2/c1-5-6-7-12-15-18-21(2,3)19-16-13-10-8-9-11-14-17-20(22)23-4/h15-16,18-19H,5-14,17H2,1-4H3/b18-15-,19-16-. The minimum atomic E-state index is -0.0853. The van der Waals surface area contributed by atoms with Gasteiger partial charge in [0.1, 0.15) is 0 Å². The first kappa shape index (κ1) is 21.9. The number of ether oxygens (including phenoxy) is 1. The Labute approximate surface area is 144 Å². The lowest BCUT2D eigenvalue weighted by Gasteiger charge is -2.14. The molecule has 0 N–H and O–H groups in total. The van der Waals surface area contributed by atoms with Crippen LogP contribution in [0, 0.1) is 5.41 Å². The molecule has 0 aromatic rings. The molecule has 0 aliphatic rings. The summed E-state index contributed by atoms with van der Waals surface area (Å²) in [7, 11) is 1.45. The van der Waals surface area contributed by atoms with Gasteiger partial charge in [-0.05, 0) is 32.1 Å². The van der Waals surface area contributed by atoms with Gasteiger partial charge in [0, 0.05) is 11.8 Å². The highest BCUT2D eigenvalue weighted by molar-refractivity contribution is 5.68. The van der Waals surface area contributed by atoms with E-state index >= 15 is 0 Å². The maximum absolute atomic E-state index is 11.0. The SMILES string of the molecule is CCCCC/C=C\C(C)(C)/C=C\CCCCCCCC(=O)OC. The second-order valence-electron chi connectivity index (χ2n) is 7.00. The van der Waals surface area contributed by atoms with Gasteiger partial charge in [-0.3, -0.25) is 4.79 Å². The first-order valence-corrected chi connectivity index (χ1v) is 9.44. The number of hydrogen-bond donors (Lipinski definition) is 0. The van der Waals surface area contributed by atoms with Crippen LogP contribution in [0.25, 0.3) is 0 Å². The van der Waals surface area contributed by atoms with Crippen LogP contribution in [0.15, 0.2) is 24.3 Å². The van der Waals surface area contributed by atoms with E-state index in [4.69, 9.17) is 0 Å². The van der Waals surface area contributed by atoms with Crippen molar-refractivity contribution in [3.63, 3.8) is 0 Å². The summed E-state index contributed by atoms with van der Waals surface area (Å²) in [5.41, 5.74) is 0.173. The Hall–Kier alpha value is -1.05. The summed E-state index contributed by atoms with van der Waals surface area (Å²) < 4.78 is 4.64. The predicted molar refractivity (Wildman–Crippen MR) is 101 cm³/mol. The lowest BCUT2D eigenvalue weighted by molar-refractivity contribution is -0.140. The van der Waals surface area contributed by atoms with Gasteiger partial charge in [0.05, 0.1) is 7.11 Å². The van der Waals surface area contributed by atoms with Crippen molar-refractivity contribution in [1.82, 2.24) is 0 Å². The summed E-state index contributed by atoms with van der Waals surface area (Å²) in [4.78, 5) is 11.0. The lowest BCUT2D eigenvalue weighted by atomic mass is 9.91. The van der Waals surface area contributed by atoms with E-state index in [0.717, 1.165) is 19.3 Å². The predicted octanol–water partition coefficient (Wildman–Crippen LogP) is 6.61. The average molecular weight is 323 g/mol. The number of unbranched alkanes of at least 4 members (excludes halogenated alkanes) is 8. The number of carbonyl (C=O) groups is 1. The number of methoxy groups -OCH3 is 1. The maximum Gasteiger partial charge on any atom is 0.305 e. The Morgan fingerprint density at radius 2 is 1.39 bits per heavy atom. The van der Waals surface area contributed by atoms with Crippen LogP contribution in [0.2, 0.25) is 0 Å². The highest BCUT2D eigenvalue weighted by atomic mass is 16.5. The molecule has 0 saturated heterocycles. The first-order chi connectivity index (χ1) is 11.0. The summed E-state index contributed by atoms with van der Waals surface area (Å²) in [6.45, 7) is 6.79. The number of hydrogen-bond acceptors (Lipinski definition) is 2. The van der Waals surface area contributed by atoms with Gasteiger partial charge >= 0.3 is 5.97 Å². The molecule has 2 nitrogen and oxygen atoms in total. The van der Waals surface area contributed by atoms with Crippen LogP contribution >= 0.6 is 0 Å². The van der Waals surface area contributed by atoms with Crippen LogP contribution in [0.3, 0.4) is 0 Å². The summed E-state index contributed by atoms with van der Waals surface area (Å²) in [6, 6.07) is 0. The Morgan fingerprint density at radius 3 is 1.96 bits per heavy atom. The number of rotatable bonds is 14. The monoisotopic (exact) mass is 322 g/mol.